The predicted molar refractivity (Wildman–Crippen MR) is 75.0 cm³/mol. The van der Waals surface area contributed by atoms with Crippen molar-refractivity contribution in [2.45, 2.75) is 44.4 Å². The lowest BCUT2D eigenvalue weighted by Crippen LogP contribution is -2.44. The number of benzene rings is 1. The molecule has 3 rings (SSSR count). The second-order valence-corrected chi connectivity index (χ2v) is 5.88. The lowest BCUT2D eigenvalue weighted by Gasteiger charge is -2.47. The minimum absolute atomic E-state index is 0.417. The van der Waals surface area contributed by atoms with Crippen LogP contribution in [0, 0.1) is 5.41 Å². The number of carboxylic acids is 1. The molecule has 0 spiro atoms. The van der Waals surface area contributed by atoms with Crippen LogP contribution < -0.4 is 0 Å². The lowest BCUT2D eigenvalue weighted by molar-refractivity contribution is -0.152. The normalized spacial score (nSPS) is 30.3. The molecule has 0 aliphatic heterocycles. The number of allylic oxidation sites excluding steroid dienone is 1. The van der Waals surface area contributed by atoms with Crippen LogP contribution >= 0.6 is 0 Å². The van der Waals surface area contributed by atoms with Crippen LogP contribution in [0.3, 0.4) is 0 Å². The fraction of sp³-hybridized carbons (Fsp3) is 0.471. The van der Waals surface area contributed by atoms with Crippen molar-refractivity contribution in [1.82, 2.24) is 0 Å². The SMILES string of the molecule is O=C(O)C1(C2=CCCCC2)CC(c2ccccc2)C1. The fourth-order valence-corrected chi connectivity index (χ4v) is 3.59. The quantitative estimate of drug-likeness (QED) is 0.825. The molecule has 2 aliphatic rings. The van der Waals surface area contributed by atoms with Crippen LogP contribution in [0.25, 0.3) is 0 Å². The Morgan fingerprint density at radius 2 is 1.89 bits per heavy atom. The van der Waals surface area contributed by atoms with Crippen molar-refractivity contribution >= 4 is 5.97 Å². The van der Waals surface area contributed by atoms with Crippen LogP contribution in [0.15, 0.2) is 42.0 Å². The monoisotopic (exact) mass is 256 g/mol. The van der Waals surface area contributed by atoms with Crippen molar-refractivity contribution in [2.24, 2.45) is 5.41 Å². The van der Waals surface area contributed by atoms with Gasteiger partial charge in [-0.15, -0.1) is 0 Å². The molecule has 0 amide bonds. The van der Waals surface area contributed by atoms with Crippen LogP contribution in [-0.2, 0) is 4.79 Å². The van der Waals surface area contributed by atoms with E-state index in [0.29, 0.717) is 5.92 Å². The third-order valence-corrected chi connectivity index (χ3v) is 4.78. The molecule has 0 unspecified atom stereocenters. The Balaban J connectivity index is 1.80. The topological polar surface area (TPSA) is 37.3 Å². The Morgan fingerprint density at radius 3 is 2.47 bits per heavy atom. The third kappa shape index (κ3) is 2.09. The van der Waals surface area contributed by atoms with Crippen molar-refractivity contribution in [3.8, 4) is 0 Å². The number of aliphatic carboxylic acids is 1. The molecule has 0 aromatic heterocycles. The van der Waals surface area contributed by atoms with Gasteiger partial charge in [-0.05, 0) is 50.0 Å². The van der Waals surface area contributed by atoms with E-state index in [1.807, 2.05) is 18.2 Å². The molecule has 1 N–H and O–H groups in total. The van der Waals surface area contributed by atoms with E-state index in [2.05, 4.69) is 18.2 Å². The molecule has 1 aromatic rings. The largest absolute Gasteiger partial charge is 0.481 e. The van der Waals surface area contributed by atoms with E-state index in [1.165, 1.54) is 17.6 Å². The first-order valence-electron chi connectivity index (χ1n) is 7.20. The maximum atomic E-state index is 11.7. The minimum atomic E-state index is -0.618. The molecule has 100 valence electrons. The molecule has 2 heteroatoms. The highest BCUT2D eigenvalue weighted by Gasteiger charge is 2.52. The van der Waals surface area contributed by atoms with E-state index < -0.39 is 11.4 Å². The van der Waals surface area contributed by atoms with Crippen molar-refractivity contribution in [3.05, 3.63) is 47.5 Å². The maximum absolute atomic E-state index is 11.7. The van der Waals surface area contributed by atoms with Crippen LogP contribution in [0.1, 0.15) is 50.0 Å². The number of rotatable bonds is 3. The summed E-state index contributed by atoms with van der Waals surface area (Å²) in [5.41, 5.74) is 1.93. The van der Waals surface area contributed by atoms with E-state index in [-0.39, 0.29) is 0 Å². The average molecular weight is 256 g/mol. The Morgan fingerprint density at radius 1 is 1.16 bits per heavy atom. The molecule has 0 radical (unpaired) electrons. The molecule has 0 atom stereocenters. The predicted octanol–water partition coefficient (Wildman–Crippen LogP) is 4.14. The van der Waals surface area contributed by atoms with Gasteiger partial charge in [0.2, 0.25) is 0 Å². The highest BCUT2D eigenvalue weighted by Crippen LogP contribution is 2.57. The molecule has 2 aliphatic carbocycles. The third-order valence-electron chi connectivity index (χ3n) is 4.78. The first-order valence-corrected chi connectivity index (χ1v) is 7.20. The van der Waals surface area contributed by atoms with Crippen LogP contribution in [0.4, 0.5) is 0 Å². The highest BCUT2D eigenvalue weighted by atomic mass is 16.4. The Hall–Kier alpha value is -1.57. The number of carbonyl (C=O) groups is 1. The van der Waals surface area contributed by atoms with E-state index in [9.17, 15) is 9.90 Å². The maximum Gasteiger partial charge on any atom is 0.313 e. The van der Waals surface area contributed by atoms with E-state index >= 15 is 0 Å². The van der Waals surface area contributed by atoms with Crippen molar-refractivity contribution < 1.29 is 9.90 Å². The standard InChI is InChI=1S/C17H20O2/c18-16(19)17(15-9-5-2-6-10-15)11-14(12-17)13-7-3-1-4-8-13/h1,3-4,7-9,14H,2,5-6,10-12H2,(H,18,19). The Labute approximate surface area is 114 Å². The van der Waals surface area contributed by atoms with Gasteiger partial charge < -0.3 is 5.11 Å². The minimum Gasteiger partial charge on any atom is -0.481 e. The summed E-state index contributed by atoms with van der Waals surface area (Å²) < 4.78 is 0. The Kier molecular flexibility index (Phi) is 3.17. The van der Waals surface area contributed by atoms with Crippen LogP contribution in [0.2, 0.25) is 0 Å². The second kappa shape index (κ2) is 4.84. The Bertz CT molecular complexity index is 495. The van der Waals surface area contributed by atoms with Crippen LogP contribution in [0.5, 0.6) is 0 Å². The molecule has 0 heterocycles. The van der Waals surface area contributed by atoms with Gasteiger partial charge in [0.25, 0.3) is 0 Å². The molecule has 1 fully saturated rings. The molecule has 2 nitrogen and oxygen atoms in total. The molecular weight excluding hydrogens is 236 g/mol. The summed E-state index contributed by atoms with van der Waals surface area (Å²) >= 11 is 0. The zero-order valence-corrected chi connectivity index (χ0v) is 11.1. The van der Waals surface area contributed by atoms with Gasteiger partial charge in [-0.25, -0.2) is 0 Å². The summed E-state index contributed by atoms with van der Waals surface area (Å²) in [6.07, 6.45) is 8.14. The summed E-state index contributed by atoms with van der Waals surface area (Å²) in [6, 6.07) is 10.3. The molecule has 19 heavy (non-hydrogen) atoms. The smallest absolute Gasteiger partial charge is 0.313 e. The van der Waals surface area contributed by atoms with E-state index in [1.54, 1.807) is 0 Å². The fourth-order valence-electron chi connectivity index (χ4n) is 3.59. The van der Waals surface area contributed by atoms with E-state index in [0.717, 1.165) is 32.1 Å². The van der Waals surface area contributed by atoms with Crippen molar-refractivity contribution in [3.63, 3.8) is 0 Å². The van der Waals surface area contributed by atoms with Gasteiger partial charge in [0.15, 0.2) is 0 Å². The van der Waals surface area contributed by atoms with E-state index in [4.69, 9.17) is 0 Å². The number of hydrogen-bond donors (Lipinski definition) is 1. The average Bonchev–Trinajstić information content (AvgIpc) is 2.40. The zero-order chi connectivity index (χ0) is 13.3. The number of hydrogen-bond acceptors (Lipinski definition) is 1. The van der Waals surface area contributed by atoms with Gasteiger partial charge in [0, 0.05) is 0 Å². The summed E-state index contributed by atoms with van der Waals surface area (Å²) in [5.74, 6) is -0.201. The molecule has 1 aromatic carbocycles. The first-order chi connectivity index (χ1) is 9.22. The summed E-state index contributed by atoms with van der Waals surface area (Å²) in [7, 11) is 0. The van der Waals surface area contributed by atoms with Gasteiger partial charge in [0.1, 0.15) is 0 Å². The lowest BCUT2D eigenvalue weighted by atomic mass is 9.55. The van der Waals surface area contributed by atoms with Crippen molar-refractivity contribution in [2.75, 3.05) is 0 Å². The highest BCUT2D eigenvalue weighted by molar-refractivity contribution is 5.80. The number of carboxylic acid groups (broad SMARTS) is 1. The van der Waals surface area contributed by atoms with Gasteiger partial charge in [-0.2, -0.15) is 0 Å². The molecular formula is C17H20O2. The summed E-state index contributed by atoms with van der Waals surface area (Å²) in [4.78, 5) is 11.7. The second-order valence-electron chi connectivity index (χ2n) is 5.88. The van der Waals surface area contributed by atoms with Crippen LogP contribution in [-0.4, -0.2) is 11.1 Å². The molecule has 0 bridgehead atoms. The first kappa shape index (κ1) is 12.5. The van der Waals surface area contributed by atoms with Gasteiger partial charge in [-0.3, -0.25) is 4.79 Å². The van der Waals surface area contributed by atoms with Gasteiger partial charge >= 0.3 is 5.97 Å². The summed E-state index contributed by atoms with van der Waals surface area (Å²) in [6.45, 7) is 0. The van der Waals surface area contributed by atoms with Crippen molar-refractivity contribution in [1.29, 1.82) is 0 Å². The molecule has 0 saturated heterocycles. The van der Waals surface area contributed by atoms with Gasteiger partial charge in [0.05, 0.1) is 5.41 Å². The molecule has 1 saturated carbocycles. The summed E-state index contributed by atoms with van der Waals surface area (Å²) in [5, 5.41) is 9.66. The van der Waals surface area contributed by atoms with Gasteiger partial charge in [-0.1, -0.05) is 42.0 Å². The zero-order valence-electron chi connectivity index (χ0n) is 11.1.